The van der Waals surface area contributed by atoms with E-state index in [-0.39, 0.29) is 6.04 Å². The summed E-state index contributed by atoms with van der Waals surface area (Å²) in [6.45, 7) is 2.11. The smallest absolute Gasteiger partial charge is 0.196 e. The Balaban J connectivity index is 2.14. The SMILES string of the molecule is CCC(c1nccs1)n1c(-c2ccccn2)n[nH]c1=S. The van der Waals surface area contributed by atoms with Gasteiger partial charge in [-0.15, -0.1) is 11.3 Å². The number of aromatic nitrogens is 5. The summed E-state index contributed by atoms with van der Waals surface area (Å²) in [5.74, 6) is 0.748. The van der Waals surface area contributed by atoms with Crippen molar-refractivity contribution >= 4 is 23.6 Å². The van der Waals surface area contributed by atoms with Crippen LogP contribution in [-0.2, 0) is 0 Å². The molecule has 0 amide bonds. The lowest BCUT2D eigenvalue weighted by atomic mass is 10.2. The van der Waals surface area contributed by atoms with Crippen molar-refractivity contribution in [3.63, 3.8) is 0 Å². The molecule has 0 aromatic carbocycles. The van der Waals surface area contributed by atoms with Gasteiger partial charge in [-0.3, -0.25) is 14.6 Å². The van der Waals surface area contributed by atoms with Crippen LogP contribution in [0.15, 0.2) is 36.0 Å². The molecule has 20 heavy (non-hydrogen) atoms. The van der Waals surface area contributed by atoms with Gasteiger partial charge in [0, 0.05) is 17.8 Å². The van der Waals surface area contributed by atoms with Gasteiger partial charge in [0.1, 0.15) is 10.7 Å². The number of H-pyrrole nitrogens is 1. The lowest BCUT2D eigenvalue weighted by molar-refractivity contribution is 0.560. The van der Waals surface area contributed by atoms with Crippen molar-refractivity contribution in [2.45, 2.75) is 19.4 Å². The lowest BCUT2D eigenvalue weighted by Crippen LogP contribution is -2.11. The topological polar surface area (TPSA) is 59.4 Å². The molecule has 0 saturated heterocycles. The monoisotopic (exact) mass is 303 g/mol. The van der Waals surface area contributed by atoms with E-state index >= 15 is 0 Å². The van der Waals surface area contributed by atoms with Crippen LogP contribution in [0.2, 0.25) is 0 Å². The molecule has 1 unspecified atom stereocenters. The first kappa shape index (κ1) is 13.1. The van der Waals surface area contributed by atoms with Gasteiger partial charge in [0.2, 0.25) is 0 Å². The number of rotatable bonds is 4. The quantitative estimate of drug-likeness (QED) is 0.750. The summed E-state index contributed by atoms with van der Waals surface area (Å²) < 4.78 is 2.59. The maximum atomic E-state index is 5.38. The summed E-state index contributed by atoms with van der Waals surface area (Å²) >= 11 is 7.01. The Kier molecular flexibility index (Phi) is 3.70. The van der Waals surface area contributed by atoms with Crippen LogP contribution in [-0.4, -0.2) is 24.7 Å². The third-order valence-corrected chi connectivity index (χ3v) is 4.20. The minimum absolute atomic E-state index is 0.0817. The van der Waals surface area contributed by atoms with Gasteiger partial charge in [0.25, 0.3) is 0 Å². The number of thiazole rings is 1. The molecule has 1 N–H and O–H groups in total. The normalized spacial score (nSPS) is 12.4. The van der Waals surface area contributed by atoms with E-state index in [2.05, 4.69) is 27.1 Å². The molecule has 7 heteroatoms. The largest absolute Gasteiger partial charge is 0.289 e. The maximum Gasteiger partial charge on any atom is 0.196 e. The van der Waals surface area contributed by atoms with E-state index in [0.717, 1.165) is 22.9 Å². The standard InChI is InChI=1S/C13H13N5S2/c1-2-10(12-15-7-8-20-12)18-11(16-17-13(18)19)9-5-3-4-6-14-9/h3-8,10H,2H2,1H3,(H,17,19). The molecule has 0 bridgehead atoms. The molecule has 3 heterocycles. The fourth-order valence-corrected chi connectivity index (χ4v) is 3.21. The van der Waals surface area contributed by atoms with Gasteiger partial charge in [-0.2, -0.15) is 5.10 Å². The highest BCUT2D eigenvalue weighted by Gasteiger charge is 2.20. The van der Waals surface area contributed by atoms with Crippen LogP contribution in [0.3, 0.4) is 0 Å². The third kappa shape index (κ3) is 2.30. The van der Waals surface area contributed by atoms with E-state index in [0.29, 0.717) is 4.77 Å². The van der Waals surface area contributed by atoms with E-state index < -0.39 is 0 Å². The molecule has 0 saturated carbocycles. The van der Waals surface area contributed by atoms with Crippen LogP contribution in [0.4, 0.5) is 0 Å². The Morgan fingerprint density at radius 3 is 2.90 bits per heavy atom. The molecule has 0 aliphatic carbocycles. The predicted octanol–water partition coefficient (Wildman–Crippen LogP) is 3.46. The van der Waals surface area contributed by atoms with Gasteiger partial charge in [-0.25, -0.2) is 4.98 Å². The van der Waals surface area contributed by atoms with Gasteiger partial charge < -0.3 is 0 Å². The minimum atomic E-state index is 0.0817. The Labute approximate surface area is 125 Å². The van der Waals surface area contributed by atoms with Gasteiger partial charge >= 0.3 is 0 Å². The fraction of sp³-hybridized carbons (Fsp3) is 0.231. The van der Waals surface area contributed by atoms with E-state index in [1.54, 1.807) is 17.5 Å². The maximum absolute atomic E-state index is 5.38. The molecule has 0 fully saturated rings. The molecule has 5 nitrogen and oxygen atoms in total. The fourth-order valence-electron chi connectivity index (χ4n) is 2.14. The Morgan fingerprint density at radius 2 is 2.25 bits per heavy atom. The van der Waals surface area contributed by atoms with Gasteiger partial charge in [0.05, 0.1) is 6.04 Å². The molecular weight excluding hydrogens is 290 g/mol. The zero-order valence-corrected chi connectivity index (χ0v) is 12.5. The van der Waals surface area contributed by atoms with Crippen LogP contribution in [0.1, 0.15) is 24.4 Å². The van der Waals surface area contributed by atoms with Crippen LogP contribution in [0, 0.1) is 4.77 Å². The highest BCUT2D eigenvalue weighted by Crippen LogP contribution is 2.28. The summed E-state index contributed by atoms with van der Waals surface area (Å²) in [5.41, 5.74) is 0.801. The van der Waals surface area contributed by atoms with Crippen molar-refractivity contribution < 1.29 is 0 Å². The summed E-state index contributed by atoms with van der Waals surface area (Å²) in [4.78, 5) is 8.76. The first-order valence-electron chi connectivity index (χ1n) is 6.29. The first-order chi connectivity index (χ1) is 9.81. The van der Waals surface area contributed by atoms with Crippen molar-refractivity contribution in [3.8, 4) is 11.5 Å². The van der Waals surface area contributed by atoms with Crippen LogP contribution in [0.5, 0.6) is 0 Å². The zero-order chi connectivity index (χ0) is 13.9. The molecule has 3 aromatic heterocycles. The second-order valence-electron chi connectivity index (χ2n) is 4.23. The van der Waals surface area contributed by atoms with Gasteiger partial charge in [-0.1, -0.05) is 13.0 Å². The van der Waals surface area contributed by atoms with Gasteiger partial charge in [0.15, 0.2) is 10.6 Å². The number of aromatic amines is 1. The Hall–Kier alpha value is -1.86. The molecular formula is C13H13N5S2. The number of nitrogens with one attached hydrogen (secondary N) is 1. The van der Waals surface area contributed by atoms with Crippen molar-refractivity contribution in [1.29, 1.82) is 0 Å². The molecule has 0 spiro atoms. The number of nitrogens with zero attached hydrogens (tertiary/aromatic N) is 4. The number of pyridine rings is 1. The van der Waals surface area contributed by atoms with Crippen LogP contribution in [0.25, 0.3) is 11.5 Å². The zero-order valence-electron chi connectivity index (χ0n) is 10.9. The van der Waals surface area contributed by atoms with E-state index in [1.807, 2.05) is 34.3 Å². The van der Waals surface area contributed by atoms with Gasteiger partial charge in [-0.05, 0) is 30.8 Å². The summed E-state index contributed by atoms with van der Waals surface area (Å²) in [5, 5.41) is 10.2. The minimum Gasteiger partial charge on any atom is -0.289 e. The van der Waals surface area contributed by atoms with Crippen molar-refractivity contribution in [1.82, 2.24) is 24.7 Å². The highest BCUT2D eigenvalue weighted by molar-refractivity contribution is 7.71. The first-order valence-corrected chi connectivity index (χ1v) is 7.57. The second-order valence-corrected chi connectivity index (χ2v) is 5.54. The predicted molar refractivity (Wildman–Crippen MR) is 81.2 cm³/mol. The highest BCUT2D eigenvalue weighted by atomic mass is 32.1. The molecule has 3 aromatic rings. The third-order valence-electron chi connectivity index (χ3n) is 3.03. The lowest BCUT2D eigenvalue weighted by Gasteiger charge is -2.15. The summed E-state index contributed by atoms with van der Waals surface area (Å²) in [6, 6.07) is 5.83. The molecule has 102 valence electrons. The summed E-state index contributed by atoms with van der Waals surface area (Å²) in [7, 11) is 0. The molecule has 0 aliphatic rings. The second kappa shape index (κ2) is 5.64. The van der Waals surface area contributed by atoms with E-state index in [1.165, 1.54) is 0 Å². The summed E-state index contributed by atoms with van der Waals surface area (Å²) in [6.07, 6.45) is 4.45. The number of hydrogen-bond acceptors (Lipinski definition) is 5. The average Bonchev–Trinajstić information content (AvgIpc) is 3.12. The molecule has 0 radical (unpaired) electrons. The Bertz CT molecular complexity index is 730. The van der Waals surface area contributed by atoms with Crippen molar-refractivity contribution in [2.24, 2.45) is 0 Å². The van der Waals surface area contributed by atoms with Crippen molar-refractivity contribution in [2.75, 3.05) is 0 Å². The van der Waals surface area contributed by atoms with Crippen LogP contribution < -0.4 is 0 Å². The van der Waals surface area contributed by atoms with E-state index in [9.17, 15) is 0 Å². The number of hydrogen-bond donors (Lipinski definition) is 1. The van der Waals surface area contributed by atoms with Crippen LogP contribution >= 0.6 is 23.6 Å². The molecule has 3 rings (SSSR count). The average molecular weight is 303 g/mol. The molecule has 0 aliphatic heterocycles. The molecule has 1 atom stereocenters. The van der Waals surface area contributed by atoms with Crippen molar-refractivity contribution in [3.05, 3.63) is 45.8 Å². The Morgan fingerprint density at radius 1 is 1.35 bits per heavy atom. The van der Waals surface area contributed by atoms with E-state index in [4.69, 9.17) is 12.2 Å².